The lowest BCUT2D eigenvalue weighted by Gasteiger charge is -2.27. The number of hydrogen-bond donors (Lipinski definition) is 2. The molecule has 2 aromatic rings. The minimum atomic E-state index is -3.35. The summed E-state index contributed by atoms with van der Waals surface area (Å²) in [6, 6.07) is 4.97. The third-order valence-corrected chi connectivity index (χ3v) is 7.69. The molecule has 0 radical (unpaired) electrons. The lowest BCUT2D eigenvalue weighted by atomic mass is 9.85. The average Bonchev–Trinajstić information content (AvgIpc) is 2.78. The second-order valence-electron chi connectivity index (χ2n) is 8.33. The summed E-state index contributed by atoms with van der Waals surface area (Å²) in [6.45, 7) is 0.0591. The van der Waals surface area contributed by atoms with Gasteiger partial charge in [0.15, 0.2) is 17.5 Å². The van der Waals surface area contributed by atoms with Gasteiger partial charge in [0.1, 0.15) is 11.6 Å². The van der Waals surface area contributed by atoms with Crippen LogP contribution in [0.25, 0.3) is 0 Å². The zero-order chi connectivity index (χ0) is 25.8. The second kappa shape index (κ2) is 11.5. The van der Waals surface area contributed by atoms with Gasteiger partial charge in [0.25, 0.3) is 5.91 Å². The maximum Gasteiger partial charge on any atom is 0.255 e. The van der Waals surface area contributed by atoms with Crippen LogP contribution in [-0.2, 0) is 14.8 Å². The summed E-state index contributed by atoms with van der Waals surface area (Å²) in [4.78, 5) is 25.0. The first-order chi connectivity index (χ1) is 16.4. The largest absolute Gasteiger partial charge is 0.322 e. The van der Waals surface area contributed by atoms with Crippen molar-refractivity contribution in [2.24, 2.45) is 5.92 Å². The number of anilines is 1. The molecule has 35 heavy (non-hydrogen) atoms. The van der Waals surface area contributed by atoms with Crippen LogP contribution >= 0.6 is 11.8 Å². The van der Waals surface area contributed by atoms with Gasteiger partial charge >= 0.3 is 0 Å². The van der Waals surface area contributed by atoms with E-state index in [9.17, 15) is 35.6 Å². The molecule has 2 aromatic carbocycles. The Hall–Kier alpha value is -2.44. The fraction of sp³-hybridized carbons (Fsp3) is 0.391. The Morgan fingerprint density at radius 2 is 1.60 bits per heavy atom. The van der Waals surface area contributed by atoms with Crippen molar-refractivity contribution in [2.75, 3.05) is 18.1 Å². The van der Waals surface area contributed by atoms with Crippen LogP contribution in [0.2, 0.25) is 0 Å². The molecule has 0 saturated heterocycles. The number of rotatable bonds is 9. The summed E-state index contributed by atoms with van der Waals surface area (Å²) in [5.41, 5.74) is -0.221. The summed E-state index contributed by atoms with van der Waals surface area (Å²) < 4.78 is 78.8. The SMILES string of the molecule is CS(=O)(=O)NCCC(=O)C1CCC(Sc2cc(C(=O)Nc3cc(F)c(F)c(F)c3)ccc2F)CC1. The minimum Gasteiger partial charge on any atom is -0.322 e. The Morgan fingerprint density at radius 1 is 0.971 bits per heavy atom. The van der Waals surface area contributed by atoms with Crippen LogP contribution in [0.3, 0.4) is 0 Å². The van der Waals surface area contributed by atoms with Gasteiger partial charge in [-0.1, -0.05) is 0 Å². The van der Waals surface area contributed by atoms with Gasteiger partial charge in [-0.15, -0.1) is 11.8 Å². The molecular weight excluding hydrogens is 508 g/mol. The molecule has 12 heteroatoms. The van der Waals surface area contributed by atoms with Crippen molar-refractivity contribution in [3.63, 3.8) is 0 Å². The average molecular weight is 533 g/mol. The maximum absolute atomic E-state index is 14.4. The highest BCUT2D eigenvalue weighted by Gasteiger charge is 2.27. The number of benzene rings is 2. The number of hydrogen-bond acceptors (Lipinski definition) is 5. The number of carbonyl (C=O) groups excluding carboxylic acids is 2. The van der Waals surface area contributed by atoms with Crippen molar-refractivity contribution >= 4 is 39.2 Å². The highest BCUT2D eigenvalue weighted by Crippen LogP contribution is 2.38. The molecule has 1 saturated carbocycles. The van der Waals surface area contributed by atoms with Gasteiger partial charge in [0, 0.05) is 52.4 Å². The Balaban J connectivity index is 1.57. The molecule has 0 aromatic heterocycles. The Bertz CT molecular complexity index is 1190. The molecule has 1 fully saturated rings. The molecule has 0 heterocycles. The first kappa shape index (κ1) is 27.2. The van der Waals surface area contributed by atoms with Crippen LogP contribution in [0.4, 0.5) is 23.2 Å². The number of halogens is 4. The van der Waals surface area contributed by atoms with E-state index in [2.05, 4.69) is 10.0 Å². The zero-order valence-electron chi connectivity index (χ0n) is 18.7. The summed E-state index contributed by atoms with van der Waals surface area (Å²) in [7, 11) is -3.35. The fourth-order valence-electron chi connectivity index (χ4n) is 3.81. The van der Waals surface area contributed by atoms with E-state index >= 15 is 0 Å². The smallest absolute Gasteiger partial charge is 0.255 e. The normalized spacial score (nSPS) is 18.3. The second-order valence-corrected chi connectivity index (χ2v) is 11.5. The van der Waals surface area contributed by atoms with E-state index in [1.165, 1.54) is 23.9 Å². The third kappa shape index (κ3) is 7.77. The zero-order valence-corrected chi connectivity index (χ0v) is 20.4. The molecule has 0 spiro atoms. The monoisotopic (exact) mass is 532 g/mol. The van der Waals surface area contributed by atoms with Gasteiger partial charge in [-0.25, -0.2) is 30.7 Å². The van der Waals surface area contributed by atoms with Crippen molar-refractivity contribution in [3.8, 4) is 0 Å². The minimum absolute atomic E-state index is 0.0110. The maximum atomic E-state index is 14.4. The van der Waals surface area contributed by atoms with E-state index < -0.39 is 39.2 Å². The standard InChI is InChI=1S/C23H24F4N2O4S2/c1-35(32,33)28-9-8-20(30)13-2-5-16(6-3-13)34-21-10-14(4-7-17(21)24)23(31)29-15-11-18(25)22(27)19(26)12-15/h4,7,10-13,16,28H,2-3,5-6,8-9H2,1H3,(H,29,31). The molecular formula is C23H24F4N2O4S2. The van der Waals surface area contributed by atoms with Gasteiger partial charge in [0.2, 0.25) is 10.0 Å². The van der Waals surface area contributed by atoms with E-state index in [1.54, 1.807) is 0 Å². The van der Waals surface area contributed by atoms with Crippen molar-refractivity contribution in [2.45, 2.75) is 42.2 Å². The van der Waals surface area contributed by atoms with Gasteiger partial charge in [-0.05, 0) is 43.9 Å². The number of sulfonamides is 1. The van der Waals surface area contributed by atoms with Crippen LogP contribution in [0.15, 0.2) is 35.2 Å². The Kier molecular flexibility index (Phi) is 8.94. The van der Waals surface area contributed by atoms with Crippen LogP contribution in [0.1, 0.15) is 42.5 Å². The summed E-state index contributed by atoms with van der Waals surface area (Å²) >= 11 is 1.24. The van der Waals surface area contributed by atoms with Gasteiger partial charge in [0.05, 0.1) is 6.26 Å². The van der Waals surface area contributed by atoms with E-state index in [4.69, 9.17) is 0 Å². The number of ketones is 1. The first-order valence-corrected chi connectivity index (χ1v) is 13.6. The van der Waals surface area contributed by atoms with Crippen molar-refractivity contribution < 1.29 is 35.6 Å². The highest BCUT2D eigenvalue weighted by atomic mass is 32.2. The van der Waals surface area contributed by atoms with Crippen LogP contribution in [-0.4, -0.2) is 38.2 Å². The topological polar surface area (TPSA) is 92.3 Å². The van der Waals surface area contributed by atoms with Crippen molar-refractivity contribution in [1.82, 2.24) is 4.72 Å². The molecule has 190 valence electrons. The van der Waals surface area contributed by atoms with Crippen LogP contribution in [0.5, 0.6) is 0 Å². The lowest BCUT2D eigenvalue weighted by Crippen LogP contribution is -2.28. The summed E-state index contributed by atoms with van der Waals surface area (Å²) in [5.74, 6) is -6.00. The van der Waals surface area contributed by atoms with E-state index in [0.29, 0.717) is 37.8 Å². The Morgan fingerprint density at radius 3 is 2.20 bits per heavy atom. The predicted octanol–water partition coefficient (Wildman–Crippen LogP) is 4.65. The molecule has 0 bridgehead atoms. The molecule has 1 aliphatic carbocycles. The van der Waals surface area contributed by atoms with Crippen molar-refractivity contribution in [1.29, 1.82) is 0 Å². The number of nitrogens with one attached hydrogen (secondary N) is 2. The highest BCUT2D eigenvalue weighted by molar-refractivity contribution is 8.00. The number of thioether (sulfide) groups is 1. The third-order valence-electron chi connectivity index (χ3n) is 5.59. The van der Waals surface area contributed by atoms with Crippen molar-refractivity contribution in [3.05, 3.63) is 59.2 Å². The van der Waals surface area contributed by atoms with Crippen LogP contribution < -0.4 is 10.0 Å². The van der Waals surface area contributed by atoms with Crippen LogP contribution in [0, 0.1) is 29.2 Å². The first-order valence-electron chi connectivity index (χ1n) is 10.8. The quantitative estimate of drug-likeness (QED) is 0.362. The predicted molar refractivity (Wildman–Crippen MR) is 125 cm³/mol. The molecule has 0 aliphatic heterocycles. The van der Waals surface area contributed by atoms with Gasteiger partial charge < -0.3 is 5.32 Å². The van der Waals surface area contributed by atoms with E-state index in [-0.39, 0.29) is 46.1 Å². The fourth-order valence-corrected chi connectivity index (χ4v) is 5.53. The molecule has 1 aliphatic rings. The molecule has 2 N–H and O–H groups in total. The van der Waals surface area contributed by atoms with E-state index in [1.807, 2.05) is 0 Å². The number of carbonyl (C=O) groups is 2. The number of amides is 1. The molecule has 6 nitrogen and oxygen atoms in total. The number of Topliss-reactive ketones (excluding diaryl/α,β-unsaturated/α-hetero) is 1. The molecule has 3 rings (SSSR count). The summed E-state index contributed by atoms with van der Waals surface area (Å²) in [5, 5.41) is 2.28. The molecule has 0 unspecified atom stereocenters. The van der Waals surface area contributed by atoms with E-state index in [0.717, 1.165) is 12.3 Å². The van der Waals surface area contributed by atoms with Gasteiger partial charge in [-0.3, -0.25) is 9.59 Å². The molecule has 1 amide bonds. The lowest BCUT2D eigenvalue weighted by molar-refractivity contribution is -0.123. The van der Waals surface area contributed by atoms with Gasteiger partial charge in [-0.2, -0.15) is 0 Å². The summed E-state index contributed by atoms with van der Waals surface area (Å²) in [6.07, 6.45) is 3.62. The molecule has 0 atom stereocenters. The Labute approximate surface area is 204 Å².